The molecule has 150 valence electrons. The third-order valence-corrected chi connectivity index (χ3v) is 5.43. The first-order valence-electron chi connectivity index (χ1n) is 9.34. The molecule has 0 saturated carbocycles. The number of amides is 1. The number of halogens is 2. The maximum Gasteiger partial charge on any atom is 0.328 e. The number of benzene rings is 2. The van der Waals surface area contributed by atoms with Gasteiger partial charge in [0.2, 0.25) is 0 Å². The second-order valence-corrected chi connectivity index (χ2v) is 7.63. The molecule has 1 N–H and O–H groups in total. The van der Waals surface area contributed by atoms with Gasteiger partial charge in [0, 0.05) is 30.2 Å². The van der Waals surface area contributed by atoms with E-state index in [1.807, 2.05) is 18.2 Å². The number of ether oxygens (including phenoxy) is 1. The van der Waals surface area contributed by atoms with Crippen LogP contribution < -0.4 is 4.74 Å². The molecule has 2 aliphatic rings. The predicted molar refractivity (Wildman–Crippen MR) is 107 cm³/mol. The molecule has 0 radical (unpaired) electrons. The molecule has 2 aliphatic heterocycles. The highest BCUT2D eigenvalue weighted by atomic mass is 35.5. The van der Waals surface area contributed by atoms with Crippen LogP contribution in [-0.2, 0) is 11.2 Å². The Bertz CT molecular complexity index is 989. The summed E-state index contributed by atoms with van der Waals surface area (Å²) in [6.07, 6.45) is 2.17. The smallest absolute Gasteiger partial charge is 0.328 e. The molecule has 0 aromatic heterocycles. The lowest BCUT2D eigenvalue weighted by molar-refractivity contribution is -0.131. The van der Waals surface area contributed by atoms with Crippen molar-refractivity contribution < 1.29 is 23.8 Å². The highest BCUT2D eigenvalue weighted by molar-refractivity contribution is 6.32. The van der Waals surface area contributed by atoms with Gasteiger partial charge in [-0.05, 0) is 47.9 Å². The zero-order valence-electron chi connectivity index (χ0n) is 15.5. The van der Waals surface area contributed by atoms with Crippen LogP contribution in [0.5, 0.6) is 5.75 Å². The first-order valence-corrected chi connectivity index (χ1v) is 9.72. The fourth-order valence-electron chi connectivity index (χ4n) is 3.70. The number of likely N-dealkylation sites (tertiary alicyclic amines) is 1. The minimum absolute atomic E-state index is 0.151. The van der Waals surface area contributed by atoms with Crippen LogP contribution in [0.15, 0.2) is 48.6 Å². The molecule has 2 atom stereocenters. The average Bonchev–Trinajstić information content (AvgIpc) is 3.32. The second-order valence-electron chi connectivity index (χ2n) is 7.22. The van der Waals surface area contributed by atoms with Crippen molar-refractivity contribution in [3.63, 3.8) is 0 Å². The van der Waals surface area contributed by atoms with Crippen molar-refractivity contribution in [1.82, 2.24) is 4.90 Å². The van der Waals surface area contributed by atoms with Gasteiger partial charge < -0.3 is 14.7 Å². The van der Waals surface area contributed by atoms with Crippen LogP contribution in [0.4, 0.5) is 4.39 Å². The van der Waals surface area contributed by atoms with E-state index in [-0.39, 0.29) is 18.6 Å². The van der Waals surface area contributed by atoms with E-state index in [9.17, 15) is 14.0 Å². The monoisotopic (exact) mass is 415 g/mol. The van der Waals surface area contributed by atoms with Crippen molar-refractivity contribution in [2.75, 3.05) is 13.1 Å². The number of aliphatic carboxylic acids is 1. The summed E-state index contributed by atoms with van der Waals surface area (Å²) in [5.74, 6) is -0.621. The number of hydrogen-bond donors (Lipinski definition) is 1. The van der Waals surface area contributed by atoms with E-state index in [0.29, 0.717) is 35.7 Å². The number of rotatable bonds is 4. The number of alkyl halides is 1. The van der Waals surface area contributed by atoms with Gasteiger partial charge in [0.15, 0.2) is 0 Å². The van der Waals surface area contributed by atoms with E-state index in [1.165, 1.54) is 11.0 Å². The Morgan fingerprint density at radius 3 is 2.62 bits per heavy atom. The van der Waals surface area contributed by atoms with Crippen molar-refractivity contribution in [2.45, 2.75) is 25.1 Å². The molecule has 2 heterocycles. The Hall–Kier alpha value is -2.86. The standard InChI is InChI=1S/C22H19ClFNO4/c23-19-11-15(9-16-10-18(29-21(16)19)5-6-20(26)27)13-1-3-14(4-2-13)22(28)25-8-7-17(24)12-25/h1-6,9,11,17-18H,7-8,10,12H2,(H,26,27)/b6-5+/t17-,18?/m1/s1. The van der Waals surface area contributed by atoms with E-state index in [0.717, 1.165) is 22.8 Å². The molecule has 2 aromatic rings. The summed E-state index contributed by atoms with van der Waals surface area (Å²) in [5.41, 5.74) is 3.20. The number of hydrogen-bond acceptors (Lipinski definition) is 3. The molecule has 0 bridgehead atoms. The van der Waals surface area contributed by atoms with Crippen molar-refractivity contribution in [2.24, 2.45) is 0 Å². The zero-order chi connectivity index (χ0) is 20.5. The fourth-order valence-corrected chi connectivity index (χ4v) is 3.98. The van der Waals surface area contributed by atoms with E-state index < -0.39 is 12.1 Å². The minimum Gasteiger partial charge on any atom is -0.484 e. The molecule has 1 fully saturated rings. The van der Waals surface area contributed by atoms with Crippen molar-refractivity contribution in [3.8, 4) is 16.9 Å². The molecule has 4 rings (SSSR count). The predicted octanol–water partition coefficient (Wildman–Crippen LogP) is 4.14. The lowest BCUT2D eigenvalue weighted by atomic mass is 9.99. The van der Waals surface area contributed by atoms with Gasteiger partial charge in [0.05, 0.1) is 11.6 Å². The first kappa shape index (κ1) is 19.5. The summed E-state index contributed by atoms with van der Waals surface area (Å²) in [5, 5.41) is 9.22. The van der Waals surface area contributed by atoms with Gasteiger partial charge >= 0.3 is 5.97 Å². The van der Waals surface area contributed by atoms with Crippen LogP contribution in [0.25, 0.3) is 11.1 Å². The Morgan fingerprint density at radius 1 is 1.21 bits per heavy atom. The fraction of sp³-hybridized carbons (Fsp3) is 0.273. The molecule has 2 aromatic carbocycles. The molecule has 0 spiro atoms. The molecular weight excluding hydrogens is 397 g/mol. The quantitative estimate of drug-likeness (QED) is 0.762. The summed E-state index contributed by atoms with van der Waals surface area (Å²) >= 11 is 6.37. The molecule has 0 aliphatic carbocycles. The second kappa shape index (κ2) is 7.87. The van der Waals surface area contributed by atoms with E-state index in [4.69, 9.17) is 21.4 Å². The Morgan fingerprint density at radius 2 is 1.97 bits per heavy atom. The maximum absolute atomic E-state index is 13.3. The van der Waals surface area contributed by atoms with E-state index in [2.05, 4.69) is 0 Å². The molecule has 5 nitrogen and oxygen atoms in total. The molecule has 1 unspecified atom stereocenters. The normalized spacial score (nSPS) is 20.7. The molecule has 1 saturated heterocycles. The lowest BCUT2D eigenvalue weighted by Gasteiger charge is -2.15. The molecule has 7 heteroatoms. The van der Waals surface area contributed by atoms with Gasteiger partial charge in [-0.15, -0.1) is 0 Å². The van der Waals surface area contributed by atoms with Gasteiger partial charge in [-0.2, -0.15) is 0 Å². The Balaban J connectivity index is 1.53. The van der Waals surface area contributed by atoms with Crippen molar-refractivity contribution in [1.29, 1.82) is 0 Å². The van der Waals surface area contributed by atoms with Crippen LogP contribution >= 0.6 is 11.6 Å². The summed E-state index contributed by atoms with van der Waals surface area (Å²) in [7, 11) is 0. The average molecular weight is 416 g/mol. The Labute approximate surface area is 172 Å². The van der Waals surface area contributed by atoms with Crippen molar-refractivity contribution in [3.05, 3.63) is 64.7 Å². The summed E-state index contributed by atoms with van der Waals surface area (Å²) in [4.78, 5) is 24.7. The number of carboxylic acids is 1. The third kappa shape index (κ3) is 4.12. The first-order chi connectivity index (χ1) is 13.9. The number of carbonyl (C=O) groups is 2. The number of carbonyl (C=O) groups excluding carboxylic acids is 1. The van der Waals surface area contributed by atoms with Crippen LogP contribution in [0, 0.1) is 0 Å². The van der Waals surface area contributed by atoms with Gasteiger partial charge in [0.1, 0.15) is 18.0 Å². The minimum atomic E-state index is -1.03. The number of nitrogens with zero attached hydrogens (tertiary/aromatic N) is 1. The lowest BCUT2D eigenvalue weighted by Crippen LogP contribution is -2.28. The molecular formula is C22H19ClFNO4. The third-order valence-electron chi connectivity index (χ3n) is 5.15. The van der Waals surface area contributed by atoms with Crippen LogP contribution in [0.2, 0.25) is 5.02 Å². The molecule has 29 heavy (non-hydrogen) atoms. The molecule has 1 amide bonds. The highest BCUT2D eigenvalue weighted by Crippen LogP contribution is 2.40. The van der Waals surface area contributed by atoms with E-state index >= 15 is 0 Å². The number of fused-ring (bicyclic) bond motifs is 1. The largest absolute Gasteiger partial charge is 0.484 e. The van der Waals surface area contributed by atoms with Crippen LogP contribution in [0.3, 0.4) is 0 Å². The van der Waals surface area contributed by atoms with Gasteiger partial charge in [-0.25, -0.2) is 9.18 Å². The summed E-state index contributed by atoms with van der Waals surface area (Å²) in [6, 6.07) is 10.9. The zero-order valence-corrected chi connectivity index (χ0v) is 16.2. The van der Waals surface area contributed by atoms with Crippen LogP contribution in [0.1, 0.15) is 22.3 Å². The maximum atomic E-state index is 13.3. The van der Waals surface area contributed by atoms with Crippen molar-refractivity contribution >= 4 is 23.5 Å². The topological polar surface area (TPSA) is 66.8 Å². The van der Waals surface area contributed by atoms with Crippen LogP contribution in [-0.4, -0.2) is 47.2 Å². The summed E-state index contributed by atoms with van der Waals surface area (Å²) < 4.78 is 19.1. The Kier molecular flexibility index (Phi) is 5.28. The summed E-state index contributed by atoms with van der Waals surface area (Å²) in [6.45, 7) is 0.595. The SMILES string of the molecule is O=C(O)/C=C/C1Cc2cc(-c3ccc(C(=O)N4CC[C@@H](F)C4)cc3)cc(Cl)c2O1. The number of carboxylic acid groups (broad SMARTS) is 1. The van der Waals surface area contributed by atoms with Gasteiger partial charge in [-0.3, -0.25) is 4.79 Å². The van der Waals surface area contributed by atoms with E-state index in [1.54, 1.807) is 18.2 Å². The highest BCUT2D eigenvalue weighted by Gasteiger charge is 2.27. The van der Waals surface area contributed by atoms with Gasteiger partial charge in [0.25, 0.3) is 5.91 Å². The van der Waals surface area contributed by atoms with Gasteiger partial charge in [-0.1, -0.05) is 23.7 Å².